The second-order valence-corrected chi connectivity index (χ2v) is 7.53. The molecule has 1 fully saturated rings. The van der Waals surface area contributed by atoms with Gasteiger partial charge in [0, 0.05) is 50.5 Å². The number of rotatable bonds is 4. The maximum atomic E-state index is 13.7. The molecular weight excluding hydrogens is 381 g/mol. The van der Waals surface area contributed by atoms with Crippen molar-refractivity contribution in [2.75, 3.05) is 31.1 Å². The molecule has 2 aromatic heterocycles. The zero-order chi connectivity index (χ0) is 20.5. The predicted molar refractivity (Wildman–Crippen MR) is 114 cm³/mol. The van der Waals surface area contributed by atoms with E-state index in [9.17, 15) is 9.18 Å². The van der Waals surface area contributed by atoms with E-state index < -0.39 is 0 Å². The highest BCUT2D eigenvalue weighted by molar-refractivity contribution is 5.97. The Morgan fingerprint density at radius 1 is 0.933 bits per heavy atom. The fourth-order valence-electron chi connectivity index (χ4n) is 4.11. The van der Waals surface area contributed by atoms with Gasteiger partial charge < -0.3 is 18.8 Å². The van der Waals surface area contributed by atoms with E-state index in [4.69, 9.17) is 4.42 Å². The van der Waals surface area contributed by atoms with Crippen LogP contribution in [0.4, 0.5) is 10.1 Å². The summed E-state index contributed by atoms with van der Waals surface area (Å²) in [5, 5.41) is 0. The van der Waals surface area contributed by atoms with E-state index in [0.717, 1.165) is 24.2 Å². The predicted octanol–water partition coefficient (Wildman–Crippen LogP) is 4.38. The van der Waals surface area contributed by atoms with E-state index >= 15 is 0 Å². The van der Waals surface area contributed by atoms with Crippen LogP contribution in [0, 0.1) is 5.82 Å². The lowest BCUT2D eigenvalue weighted by Gasteiger charge is -2.36. The number of carbonyl (C=O) groups excluding carboxylic acids is 1. The lowest BCUT2D eigenvalue weighted by atomic mass is 10.2. The molecule has 6 heteroatoms. The Hall–Kier alpha value is -3.54. The quantitative estimate of drug-likeness (QED) is 0.508. The minimum absolute atomic E-state index is 0.0227. The third kappa shape index (κ3) is 3.45. The first-order valence-corrected chi connectivity index (χ1v) is 10.1. The molecule has 3 heterocycles. The highest BCUT2D eigenvalue weighted by Crippen LogP contribution is 2.25. The maximum absolute atomic E-state index is 13.7. The average molecular weight is 403 g/mol. The molecule has 0 unspecified atom stereocenters. The largest absolute Gasteiger partial charge is 0.463 e. The fraction of sp³-hybridized carbons (Fsp3) is 0.208. The maximum Gasteiger partial charge on any atom is 0.270 e. The monoisotopic (exact) mass is 403 g/mol. The SMILES string of the molecule is O=C(c1cc2occc2n1Cc1cccc(F)c1)N1CCN(c2ccccc2)CC1. The molecule has 5 rings (SSSR count). The molecule has 30 heavy (non-hydrogen) atoms. The molecule has 1 aliphatic rings. The summed E-state index contributed by atoms with van der Waals surface area (Å²) >= 11 is 0. The topological polar surface area (TPSA) is 41.6 Å². The molecule has 0 radical (unpaired) electrons. The number of carbonyl (C=O) groups is 1. The normalized spacial score (nSPS) is 14.4. The van der Waals surface area contributed by atoms with E-state index in [2.05, 4.69) is 17.0 Å². The molecule has 5 nitrogen and oxygen atoms in total. The van der Waals surface area contributed by atoms with Crippen LogP contribution in [-0.2, 0) is 6.54 Å². The third-order valence-corrected chi connectivity index (χ3v) is 5.66. The van der Waals surface area contributed by atoms with Gasteiger partial charge in [-0.15, -0.1) is 0 Å². The van der Waals surface area contributed by atoms with Gasteiger partial charge in [-0.25, -0.2) is 4.39 Å². The number of nitrogens with zero attached hydrogens (tertiary/aromatic N) is 3. The van der Waals surface area contributed by atoms with Gasteiger partial charge in [0.2, 0.25) is 0 Å². The molecule has 0 saturated carbocycles. The van der Waals surface area contributed by atoms with Crippen molar-refractivity contribution in [1.82, 2.24) is 9.47 Å². The Balaban J connectivity index is 1.38. The summed E-state index contributed by atoms with van der Waals surface area (Å²) in [6.07, 6.45) is 1.61. The van der Waals surface area contributed by atoms with Crippen LogP contribution >= 0.6 is 0 Å². The first-order valence-electron chi connectivity index (χ1n) is 10.1. The summed E-state index contributed by atoms with van der Waals surface area (Å²) in [5.74, 6) is -0.307. The molecule has 1 saturated heterocycles. The van der Waals surface area contributed by atoms with Gasteiger partial charge in [-0.05, 0) is 29.8 Å². The third-order valence-electron chi connectivity index (χ3n) is 5.66. The Bertz CT molecular complexity index is 1170. The van der Waals surface area contributed by atoms with Gasteiger partial charge in [-0.2, -0.15) is 0 Å². The van der Waals surface area contributed by atoms with Crippen LogP contribution in [0.1, 0.15) is 16.1 Å². The smallest absolute Gasteiger partial charge is 0.270 e. The number of para-hydroxylation sites is 1. The lowest BCUT2D eigenvalue weighted by molar-refractivity contribution is 0.0737. The average Bonchev–Trinajstić information content (AvgIpc) is 3.37. The lowest BCUT2D eigenvalue weighted by Crippen LogP contribution is -2.49. The molecular formula is C24H22FN3O2. The van der Waals surface area contributed by atoms with Crippen molar-refractivity contribution in [2.45, 2.75) is 6.54 Å². The molecule has 4 aromatic rings. The summed E-state index contributed by atoms with van der Waals surface area (Å²) in [6.45, 7) is 3.29. The zero-order valence-electron chi connectivity index (χ0n) is 16.5. The van der Waals surface area contributed by atoms with Crippen LogP contribution in [0.2, 0.25) is 0 Å². The number of hydrogen-bond donors (Lipinski definition) is 0. The summed E-state index contributed by atoms with van der Waals surface area (Å²) in [7, 11) is 0. The van der Waals surface area contributed by atoms with Crippen LogP contribution in [0.25, 0.3) is 11.1 Å². The molecule has 1 amide bonds. The molecule has 0 atom stereocenters. The summed E-state index contributed by atoms with van der Waals surface area (Å²) in [6, 6.07) is 20.4. The number of furan rings is 1. The van der Waals surface area contributed by atoms with Gasteiger partial charge in [0.15, 0.2) is 5.58 Å². The second kappa shape index (κ2) is 7.71. The Morgan fingerprint density at radius 3 is 2.50 bits per heavy atom. The number of piperazine rings is 1. The molecule has 0 N–H and O–H groups in total. The number of benzene rings is 2. The van der Waals surface area contributed by atoms with Crippen molar-refractivity contribution in [2.24, 2.45) is 0 Å². The molecule has 0 aliphatic carbocycles. The van der Waals surface area contributed by atoms with E-state index in [1.54, 1.807) is 18.4 Å². The molecule has 2 aromatic carbocycles. The van der Waals surface area contributed by atoms with Crippen LogP contribution < -0.4 is 4.90 Å². The van der Waals surface area contributed by atoms with E-state index in [1.807, 2.05) is 39.8 Å². The number of aromatic nitrogens is 1. The second-order valence-electron chi connectivity index (χ2n) is 7.53. The number of hydrogen-bond acceptors (Lipinski definition) is 3. The van der Waals surface area contributed by atoms with E-state index in [1.165, 1.54) is 17.8 Å². The van der Waals surface area contributed by atoms with Crippen molar-refractivity contribution in [3.8, 4) is 0 Å². The van der Waals surface area contributed by atoms with Gasteiger partial charge in [-0.3, -0.25) is 4.79 Å². The van der Waals surface area contributed by atoms with Gasteiger partial charge in [0.25, 0.3) is 5.91 Å². The zero-order valence-corrected chi connectivity index (χ0v) is 16.5. The van der Waals surface area contributed by atoms with E-state index in [-0.39, 0.29) is 11.7 Å². The number of halogens is 1. The standard InChI is InChI=1S/C24H22FN3O2/c25-19-6-4-5-18(15-19)17-28-21-9-14-30-23(21)16-22(28)24(29)27-12-10-26(11-13-27)20-7-2-1-3-8-20/h1-9,14-16H,10-13,17H2. The molecule has 0 bridgehead atoms. The summed E-state index contributed by atoms with van der Waals surface area (Å²) < 4.78 is 21.1. The van der Waals surface area contributed by atoms with Crippen molar-refractivity contribution in [3.05, 3.63) is 90.1 Å². The molecule has 0 spiro atoms. The Labute approximate surface area is 173 Å². The summed E-state index contributed by atoms with van der Waals surface area (Å²) in [4.78, 5) is 17.5. The summed E-state index contributed by atoms with van der Waals surface area (Å²) in [5.41, 5.74) is 4.05. The van der Waals surface area contributed by atoms with Crippen molar-refractivity contribution >= 4 is 22.7 Å². The van der Waals surface area contributed by atoms with Gasteiger partial charge >= 0.3 is 0 Å². The minimum atomic E-state index is -0.284. The first kappa shape index (κ1) is 18.5. The molecule has 1 aliphatic heterocycles. The van der Waals surface area contributed by atoms with Crippen molar-refractivity contribution in [1.29, 1.82) is 0 Å². The van der Waals surface area contributed by atoms with Crippen molar-refractivity contribution < 1.29 is 13.6 Å². The Kier molecular flexibility index (Phi) is 4.75. The van der Waals surface area contributed by atoms with Crippen LogP contribution in [0.5, 0.6) is 0 Å². The van der Waals surface area contributed by atoms with Crippen LogP contribution in [0.15, 0.2) is 77.4 Å². The highest BCUT2D eigenvalue weighted by atomic mass is 19.1. The number of anilines is 1. The van der Waals surface area contributed by atoms with Crippen molar-refractivity contribution in [3.63, 3.8) is 0 Å². The van der Waals surface area contributed by atoms with Crippen LogP contribution in [-0.4, -0.2) is 41.6 Å². The minimum Gasteiger partial charge on any atom is -0.463 e. The van der Waals surface area contributed by atoms with Crippen LogP contribution in [0.3, 0.4) is 0 Å². The van der Waals surface area contributed by atoms with Gasteiger partial charge in [-0.1, -0.05) is 30.3 Å². The Morgan fingerprint density at radius 2 is 1.73 bits per heavy atom. The molecule has 152 valence electrons. The number of fused-ring (bicyclic) bond motifs is 1. The first-order chi connectivity index (χ1) is 14.7. The van der Waals surface area contributed by atoms with E-state index in [0.29, 0.717) is 30.9 Å². The van der Waals surface area contributed by atoms with Gasteiger partial charge in [0.1, 0.15) is 11.5 Å². The fourth-order valence-corrected chi connectivity index (χ4v) is 4.11. The van der Waals surface area contributed by atoms with Gasteiger partial charge in [0.05, 0.1) is 11.8 Å². The number of amides is 1. The highest BCUT2D eigenvalue weighted by Gasteiger charge is 2.26.